The van der Waals surface area contributed by atoms with E-state index in [1.165, 1.54) is 20.2 Å². The van der Waals surface area contributed by atoms with E-state index in [2.05, 4.69) is 25.1 Å². The first kappa shape index (κ1) is 27.2. The molecule has 2 aromatic heterocycles. The Morgan fingerprint density at radius 2 is 2.09 bits per heavy atom. The maximum absolute atomic E-state index is 13.8. The first-order valence-electron chi connectivity index (χ1n) is 11.5. The van der Waals surface area contributed by atoms with E-state index in [4.69, 9.17) is 15.2 Å². The fourth-order valence-electron chi connectivity index (χ4n) is 3.87. The normalized spacial score (nSPS) is 18.4. The smallest absolute Gasteiger partial charge is 0.323 e. The molecule has 5 N–H and O–H groups in total. The topological polar surface area (TPSA) is 184 Å². The van der Waals surface area contributed by atoms with Gasteiger partial charge < -0.3 is 29.7 Å². The number of hydrogen-bond donors (Lipinski definition) is 4. The van der Waals surface area contributed by atoms with Gasteiger partial charge in [-0.05, 0) is 33.6 Å². The number of fused-ring (bicyclic) bond motifs is 1. The van der Waals surface area contributed by atoms with Gasteiger partial charge in [-0.3, -0.25) is 9.36 Å². The second-order valence-electron chi connectivity index (χ2n) is 9.33. The van der Waals surface area contributed by atoms with E-state index >= 15 is 0 Å². The van der Waals surface area contributed by atoms with Crippen LogP contribution in [0.1, 0.15) is 46.5 Å². The molecule has 0 radical (unpaired) electrons. The summed E-state index contributed by atoms with van der Waals surface area (Å²) in [4.78, 5) is 35.7. The summed E-state index contributed by atoms with van der Waals surface area (Å²) in [5.41, 5.74) is 5.28. The molecule has 0 spiro atoms. The van der Waals surface area contributed by atoms with Gasteiger partial charge in [-0.15, -0.1) is 0 Å². The van der Waals surface area contributed by atoms with Crippen LogP contribution in [0.5, 0.6) is 0 Å². The fraction of sp³-hybridized carbons (Fsp3) is 0.667. The number of ether oxygens (including phenoxy) is 2. The molecular weight excluding hydrogens is 477 g/mol. The van der Waals surface area contributed by atoms with Crippen molar-refractivity contribution in [2.24, 2.45) is 0 Å². The first-order valence-corrected chi connectivity index (χ1v) is 13.4. The van der Waals surface area contributed by atoms with E-state index in [0.29, 0.717) is 24.0 Å². The molecule has 1 saturated carbocycles. The van der Waals surface area contributed by atoms with Crippen molar-refractivity contribution < 1.29 is 28.7 Å². The Balaban J connectivity index is 1.67. The Kier molecular flexibility index (Phi) is 8.94. The van der Waals surface area contributed by atoms with Crippen molar-refractivity contribution >= 4 is 36.7 Å². The lowest BCUT2D eigenvalue weighted by Gasteiger charge is -2.31. The second kappa shape index (κ2) is 11.5. The van der Waals surface area contributed by atoms with Crippen LogP contribution in [0.15, 0.2) is 12.7 Å². The van der Waals surface area contributed by atoms with Crippen molar-refractivity contribution in [1.29, 1.82) is 0 Å². The number of aliphatic carboxylic acids is 1. The summed E-state index contributed by atoms with van der Waals surface area (Å²) in [5, 5.41) is 15.0. The van der Waals surface area contributed by atoms with Crippen LogP contribution in [0.3, 0.4) is 0 Å². The Bertz CT molecular complexity index is 1070. The maximum atomic E-state index is 13.8. The number of carbonyl (C=O) groups excluding carboxylic acids is 1. The van der Waals surface area contributed by atoms with E-state index in [9.17, 15) is 19.3 Å². The van der Waals surface area contributed by atoms with Crippen molar-refractivity contribution in [2.75, 3.05) is 18.7 Å². The van der Waals surface area contributed by atoms with Crippen LogP contribution < -0.4 is 15.9 Å². The minimum absolute atomic E-state index is 0.0328. The van der Waals surface area contributed by atoms with Gasteiger partial charge >= 0.3 is 5.97 Å². The van der Waals surface area contributed by atoms with E-state index < -0.39 is 31.1 Å². The molecule has 35 heavy (non-hydrogen) atoms. The number of nitrogens with zero attached hydrogens (tertiary/aromatic N) is 4. The summed E-state index contributed by atoms with van der Waals surface area (Å²) in [6, 6.07) is -0.894. The molecule has 0 aliphatic heterocycles. The highest BCUT2D eigenvalue weighted by molar-refractivity contribution is 7.59. The van der Waals surface area contributed by atoms with Crippen LogP contribution in [-0.2, 0) is 30.2 Å². The number of hydrogen-bond acceptors (Lipinski definition) is 9. The van der Waals surface area contributed by atoms with Crippen LogP contribution in [0.25, 0.3) is 11.2 Å². The lowest BCUT2D eigenvalue weighted by molar-refractivity contribution is -0.142. The number of aldehydes is 1. The Hall–Kier alpha value is -2.44. The molecule has 14 heteroatoms. The minimum Gasteiger partial charge on any atom is -0.480 e. The quantitative estimate of drug-likeness (QED) is 0.212. The standard InChI is InChI=1S/C21H34N7O6P/c1-14(8-28-12-25-17-18(22)23-11-24-19(17)28)34-13-35(32,27-21(2,3)20(30)31)26-15(9-29)10-33-16-6-4-5-7-16/h9,11-12,14-16H,4-8,10,13H2,1-3H3,(H,30,31)(H2,22,23,24)(H2,26,27,32)/t14-,15+,35+/m1/s1. The average molecular weight is 512 g/mol. The predicted octanol–water partition coefficient (Wildman–Crippen LogP) is 1.53. The summed E-state index contributed by atoms with van der Waals surface area (Å²) in [7, 11) is -3.71. The summed E-state index contributed by atoms with van der Waals surface area (Å²) in [6.45, 7) is 4.89. The molecule has 0 amide bonds. The molecule has 1 aliphatic rings. The Morgan fingerprint density at radius 1 is 1.37 bits per heavy atom. The zero-order valence-corrected chi connectivity index (χ0v) is 21.1. The zero-order chi connectivity index (χ0) is 25.6. The Morgan fingerprint density at radius 3 is 2.74 bits per heavy atom. The Labute approximate surface area is 203 Å². The number of aromatic nitrogens is 4. The minimum atomic E-state index is -3.71. The van der Waals surface area contributed by atoms with Crippen LogP contribution >= 0.6 is 7.44 Å². The number of nitrogen functional groups attached to an aromatic ring is 1. The SMILES string of the molecule is C[C@H](Cn1cnc2c(N)ncnc21)OC[P@](=O)(N[C@@H](C=O)COC1CCCC1)NC(C)(C)C(=O)O. The molecular formula is C21H34N7O6P. The van der Waals surface area contributed by atoms with Crippen molar-refractivity contribution in [3.63, 3.8) is 0 Å². The monoisotopic (exact) mass is 511 g/mol. The van der Waals surface area contributed by atoms with Crippen molar-refractivity contribution in [3.8, 4) is 0 Å². The zero-order valence-electron chi connectivity index (χ0n) is 20.2. The lowest BCUT2D eigenvalue weighted by atomic mass is 10.1. The van der Waals surface area contributed by atoms with Gasteiger partial charge in [-0.1, -0.05) is 12.8 Å². The number of carboxylic acid groups (broad SMARTS) is 1. The molecule has 1 aliphatic carbocycles. The van der Waals surface area contributed by atoms with Gasteiger partial charge in [0.15, 0.2) is 11.5 Å². The van der Waals surface area contributed by atoms with Gasteiger partial charge in [0, 0.05) is 0 Å². The third kappa shape index (κ3) is 7.28. The van der Waals surface area contributed by atoms with E-state index in [1.807, 2.05) is 0 Å². The predicted molar refractivity (Wildman–Crippen MR) is 129 cm³/mol. The molecule has 194 valence electrons. The van der Waals surface area contributed by atoms with Crippen LogP contribution in [0.2, 0.25) is 0 Å². The van der Waals surface area contributed by atoms with Crippen LogP contribution in [0, 0.1) is 0 Å². The number of nitrogens with two attached hydrogens (primary N) is 1. The van der Waals surface area contributed by atoms with Gasteiger partial charge in [0.25, 0.3) is 0 Å². The van der Waals surface area contributed by atoms with Crippen molar-refractivity contribution in [3.05, 3.63) is 12.7 Å². The molecule has 1 fully saturated rings. The number of carbonyl (C=O) groups is 2. The molecule has 0 saturated heterocycles. The first-order chi connectivity index (χ1) is 16.5. The summed E-state index contributed by atoms with van der Waals surface area (Å²) < 4.78 is 27.2. The average Bonchev–Trinajstić information content (AvgIpc) is 3.46. The molecule has 13 nitrogen and oxygen atoms in total. The summed E-state index contributed by atoms with van der Waals surface area (Å²) in [6.07, 6.45) is 6.76. The number of anilines is 1. The van der Waals surface area contributed by atoms with E-state index in [1.54, 1.807) is 17.8 Å². The molecule has 2 aromatic rings. The molecule has 0 unspecified atom stereocenters. The van der Waals surface area contributed by atoms with Crippen molar-refractivity contribution in [1.82, 2.24) is 29.7 Å². The van der Waals surface area contributed by atoms with E-state index in [-0.39, 0.29) is 24.9 Å². The highest BCUT2D eigenvalue weighted by Crippen LogP contribution is 2.40. The highest BCUT2D eigenvalue weighted by Gasteiger charge is 2.38. The van der Waals surface area contributed by atoms with Crippen LogP contribution in [-0.4, -0.2) is 73.6 Å². The third-order valence-electron chi connectivity index (χ3n) is 5.77. The van der Waals surface area contributed by atoms with Crippen molar-refractivity contribution in [2.45, 2.75) is 76.8 Å². The van der Waals surface area contributed by atoms with Gasteiger partial charge in [0.2, 0.25) is 7.44 Å². The van der Waals surface area contributed by atoms with Gasteiger partial charge in [0.1, 0.15) is 30.0 Å². The lowest BCUT2D eigenvalue weighted by Crippen LogP contribution is -2.49. The molecule has 3 atom stereocenters. The van der Waals surface area contributed by atoms with Gasteiger partial charge in [-0.2, -0.15) is 0 Å². The number of carboxylic acids is 1. The number of rotatable bonds is 14. The number of imidazole rings is 1. The molecule has 0 bridgehead atoms. The number of nitrogens with one attached hydrogen (secondary N) is 2. The third-order valence-corrected chi connectivity index (χ3v) is 7.95. The van der Waals surface area contributed by atoms with Crippen LogP contribution in [0.4, 0.5) is 5.82 Å². The largest absolute Gasteiger partial charge is 0.480 e. The molecule has 0 aromatic carbocycles. The highest BCUT2D eigenvalue weighted by atomic mass is 31.2. The van der Waals surface area contributed by atoms with Gasteiger partial charge in [-0.25, -0.2) is 25.1 Å². The maximum Gasteiger partial charge on any atom is 0.323 e. The fourth-order valence-corrected chi connectivity index (χ4v) is 6.20. The molecule has 3 rings (SSSR count). The van der Waals surface area contributed by atoms with E-state index in [0.717, 1.165) is 25.7 Å². The second-order valence-corrected chi connectivity index (χ2v) is 11.5. The van der Waals surface area contributed by atoms with Gasteiger partial charge in [0.05, 0.1) is 37.7 Å². The summed E-state index contributed by atoms with van der Waals surface area (Å²) in [5.74, 6) is -0.935. The molecule has 2 heterocycles. The summed E-state index contributed by atoms with van der Waals surface area (Å²) >= 11 is 0.